The average molecular weight is 279 g/mol. The molecule has 0 saturated heterocycles. The van der Waals surface area contributed by atoms with Crippen molar-refractivity contribution in [1.82, 2.24) is 9.78 Å². The lowest BCUT2D eigenvalue weighted by Gasteiger charge is -2.07. The van der Waals surface area contributed by atoms with E-state index in [1.54, 1.807) is 28.9 Å². The molecule has 5 heteroatoms. The van der Waals surface area contributed by atoms with Crippen molar-refractivity contribution in [2.24, 2.45) is 0 Å². The Labute approximate surface area is 121 Å². The molecule has 0 aliphatic rings. The van der Waals surface area contributed by atoms with E-state index in [4.69, 9.17) is 0 Å². The van der Waals surface area contributed by atoms with Crippen LogP contribution in [-0.2, 0) is 4.79 Å². The second kappa shape index (κ2) is 5.50. The summed E-state index contributed by atoms with van der Waals surface area (Å²) < 4.78 is 1.72. The van der Waals surface area contributed by atoms with Crippen LogP contribution in [0.1, 0.15) is 0 Å². The smallest absolute Gasteiger partial charge is 0.212 e. The number of aromatic nitrogens is 2. The predicted octanol–water partition coefficient (Wildman–Crippen LogP) is 2.81. The molecular formula is C16H13N3O2. The summed E-state index contributed by atoms with van der Waals surface area (Å²) in [6.07, 6.45) is 0.587. The van der Waals surface area contributed by atoms with E-state index >= 15 is 0 Å². The lowest BCUT2D eigenvalue weighted by Crippen LogP contribution is -2.00. The van der Waals surface area contributed by atoms with Crippen LogP contribution in [-0.4, -0.2) is 21.3 Å². The number of amides is 1. The van der Waals surface area contributed by atoms with Gasteiger partial charge in [0, 0.05) is 11.6 Å². The highest BCUT2D eigenvalue weighted by Crippen LogP contribution is 2.27. The first-order chi connectivity index (χ1) is 10.3. The number of phenols is 1. The molecule has 0 aliphatic heterocycles. The van der Waals surface area contributed by atoms with Crippen molar-refractivity contribution in [3.05, 3.63) is 60.7 Å². The Morgan fingerprint density at radius 2 is 1.86 bits per heavy atom. The predicted molar refractivity (Wildman–Crippen MR) is 80.4 cm³/mol. The van der Waals surface area contributed by atoms with Crippen molar-refractivity contribution in [1.29, 1.82) is 0 Å². The number of hydrogen-bond donors (Lipinski definition) is 2. The fourth-order valence-corrected chi connectivity index (χ4v) is 2.15. The monoisotopic (exact) mass is 279 g/mol. The standard InChI is InChI=1S/C16H13N3O2/c20-11-17-16-10-15(12-5-4-8-14(21)9-12)19(18-16)13-6-2-1-3-7-13/h1-11,21H,(H,17,18,20). The van der Waals surface area contributed by atoms with E-state index in [9.17, 15) is 9.90 Å². The topological polar surface area (TPSA) is 67.2 Å². The van der Waals surface area contributed by atoms with Gasteiger partial charge in [0.1, 0.15) is 5.75 Å². The molecule has 0 aliphatic carbocycles. The third kappa shape index (κ3) is 2.62. The van der Waals surface area contributed by atoms with Gasteiger partial charge in [-0.2, -0.15) is 0 Å². The van der Waals surface area contributed by atoms with Gasteiger partial charge in [0.2, 0.25) is 6.41 Å². The molecular weight excluding hydrogens is 266 g/mol. The zero-order chi connectivity index (χ0) is 14.7. The Morgan fingerprint density at radius 3 is 2.57 bits per heavy atom. The van der Waals surface area contributed by atoms with Gasteiger partial charge >= 0.3 is 0 Å². The van der Waals surface area contributed by atoms with Crippen LogP contribution < -0.4 is 5.32 Å². The summed E-state index contributed by atoms with van der Waals surface area (Å²) in [6, 6.07) is 18.3. The molecule has 0 atom stereocenters. The molecule has 3 aromatic rings. The lowest BCUT2D eigenvalue weighted by atomic mass is 10.1. The highest BCUT2D eigenvalue weighted by atomic mass is 16.3. The highest BCUT2D eigenvalue weighted by Gasteiger charge is 2.11. The van der Waals surface area contributed by atoms with Crippen LogP contribution in [0.15, 0.2) is 60.7 Å². The number of nitrogens with zero attached hydrogens (tertiary/aromatic N) is 2. The maximum atomic E-state index is 10.6. The van der Waals surface area contributed by atoms with Crippen molar-refractivity contribution in [3.63, 3.8) is 0 Å². The van der Waals surface area contributed by atoms with Gasteiger partial charge in [-0.1, -0.05) is 30.3 Å². The van der Waals surface area contributed by atoms with Gasteiger partial charge in [-0.15, -0.1) is 5.10 Å². The van der Waals surface area contributed by atoms with Crippen LogP contribution in [0.4, 0.5) is 5.82 Å². The number of hydrogen-bond acceptors (Lipinski definition) is 3. The molecule has 21 heavy (non-hydrogen) atoms. The first-order valence-corrected chi connectivity index (χ1v) is 6.43. The summed E-state index contributed by atoms with van der Waals surface area (Å²) >= 11 is 0. The molecule has 5 nitrogen and oxygen atoms in total. The fraction of sp³-hybridized carbons (Fsp3) is 0. The van der Waals surface area contributed by atoms with E-state index in [1.807, 2.05) is 36.4 Å². The van der Waals surface area contributed by atoms with E-state index in [2.05, 4.69) is 10.4 Å². The van der Waals surface area contributed by atoms with Gasteiger partial charge in [-0.05, 0) is 24.3 Å². The summed E-state index contributed by atoms with van der Waals surface area (Å²) in [6.45, 7) is 0. The molecule has 2 aromatic carbocycles. The molecule has 3 rings (SSSR count). The molecule has 1 aromatic heterocycles. The Bertz CT molecular complexity index is 766. The van der Waals surface area contributed by atoms with E-state index in [0.29, 0.717) is 12.2 Å². The Hall–Kier alpha value is -3.08. The zero-order valence-electron chi connectivity index (χ0n) is 11.1. The normalized spacial score (nSPS) is 10.3. The minimum absolute atomic E-state index is 0.179. The molecule has 0 fully saturated rings. The van der Waals surface area contributed by atoms with Crippen LogP contribution >= 0.6 is 0 Å². The van der Waals surface area contributed by atoms with E-state index < -0.39 is 0 Å². The summed E-state index contributed by atoms with van der Waals surface area (Å²) in [5, 5.41) is 16.6. The maximum absolute atomic E-state index is 10.6. The molecule has 0 bridgehead atoms. The number of benzene rings is 2. The summed E-state index contributed by atoms with van der Waals surface area (Å²) in [5.41, 5.74) is 2.46. The van der Waals surface area contributed by atoms with Crippen LogP contribution in [0.2, 0.25) is 0 Å². The van der Waals surface area contributed by atoms with Crippen molar-refractivity contribution in [2.45, 2.75) is 0 Å². The number of carbonyl (C=O) groups is 1. The number of nitrogens with one attached hydrogen (secondary N) is 1. The maximum Gasteiger partial charge on any atom is 0.212 e. The number of anilines is 1. The van der Waals surface area contributed by atoms with Gasteiger partial charge < -0.3 is 10.4 Å². The number of aromatic hydroxyl groups is 1. The second-order valence-corrected chi connectivity index (χ2v) is 4.47. The SMILES string of the molecule is O=CNc1cc(-c2cccc(O)c2)n(-c2ccccc2)n1. The molecule has 0 radical (unpaired) electrons. The van der Waals surface area contributed by atoms with Crippen LogP contribution in [0.5, 0.6) is 5.75 Å². The van der Waals surface area contributed by atoms with Crippen molar-refractivity contribution < 1.29 is 9.90 Å². The van der Waals surface area contributed by atoms with Gasteiger partial charge in [-0.3, -0.25) is 4.79 Å². The fourth-order valence-electron chi connectivity index (χ4n) is 2.15. The summed E-state index contributed by atoms with van der Waals surface area (Å²) in [7, 11) is 0. The first-order valence-electron chi connectivity index (χ1n) is 6.43. The van der Waals surface area contributed by atoms with Gasteiger partial charge in [0.05, 0.1) is 11.4 Å². The summed E-state index contributed by atoms with van der Waals surface area (Å²) in [4.78, 5) is 10.6. The van der Waals surface area contributed by atoms with Gasteiger partial charge in [0.15, 0.2) is 5.82 Å². The van der Waals surface area contributed by atoms with E-state index in [0.717, 1.165) is 16.9 Å². The molecule has 104 valence electrons. The minimum atomic E-state index is 0.179. The lowest BCUT2D eigenvalue weighted by molar-refractivity contribution is -0.105. The Balaban J connectivity index is 2.16. The van der Waals surface area contributed by atoms with E-state index in [1.165, 1.54) is 0 Å². The van der Waals surface area contributed by atoms with Gasteiger partial charge in [-0.25, -0.2) is 4.68 Å². The number of phenolic OH excluding ortho intramolecular Hbond substituents is 1. The molecule has 0 spiro atoms. The van der Waals surface area contributed by atoms with Crippen LogP contribution in [0.3, 0.4) is 0 Å². The Morgan fingerprint density at radius 1 is 1.05 bits per heavy atom. The minimum Gasteiger partial charge on any atom is -0.508 e. The van der Waals surface area contributed by atoms with Crippen LogP contribution in [0, 0.1) is 0 Å². The third-order valence-electron chi connectivity index (χ3n) is 3.06. The van der Waals surface area contributed by atoms with Crippen molar-refractivity contribution >= 4 is 12.2 Å². The second-order valence-electron chi connectivity index (χ2n) is 4.47. The molecule has 0 saturated carbocycles. The molecule has 2 N–H and O–H groups in total. The molecule has 1 amide bonds. The average Bonchev–Trinajstić information content (AvgIpc) is 2.93. The van der Waals surface area contributed by atoms with Crippen molar-refractivity contribution in [2.75, 3.05) is 5.32 Å². The molecule has 1 heterocycles. The quantitative estimate of drug-likeness (QED) is 0.722. The van der Waals surface area contributed by atoms with Crippen molar-refractivity contribution in [3.8, 4) is 22.7 Å². The largest absolute Gasteiger partial charge is 0.508 e. The number of rotatable bonds is 4. The molecule has 0 unspecified atom stereocenters. The zero-order valence-corrected chi connectivity index (χ0v) is 11.1. The third-order valence-corrected chi connectivity index (χ3v) is 3.06. The summed E-state index contributed by atoms with van der Waals surface area (Å²) in [5.74, 6) is 0.630. The van der Waals surface area contributed by atoms with Crippen LogP contribution in [0.25, 0.3) is 16.9 Å². The Kier molecular flexibility index (Phi) is 3.39. The highest BCUT2D eigenvalue weighted by molar-refractivity contribution is 5.74. The van der Waals surface area contributed by atoms with E-state index in [-0.39, 0.29) is 5.75 Å². The first kappa shape index (κ1) is 12.9. The number of para-hydroxylation sites is 1. The number of carbonyl (C=O) groups excluding carboxylic acids is 1. The van der Waals surface area contributed by atoms with Gasteiger partial charge in [0.25, 0.3) is 0 Å².